The fraction of sp³-hybridized carbons (Fsp3) is 0.538. The molecule has 82 valence electrons. The molecule has 0 bridgehead atoms. The van der Waals surface area contributed by atoms with Gasteiger partial charge in [0.1, 0.15) is 0 Å². The van der Waals surface area contributed by atoms with Gasteiger partial charge in [0, 0.05) is 17.1 Å². The molecule has 2 rings (SSSR count). The summed E-state index contributed by atoms with van der Waals surface area (Å²) in [6.07, 6.45) is 3.68. The summed E-state index contributed by atoms with van der Waals surface area (Å²) in [6, 6.07) is 7.35. The Balaban J connectivity index is 2.26. The van der Waals surface area contributed by atoms with Gasteiger partial charge in [0.15, 0.2) is 0 Å². The Kier molecular flexibility index (Phi) is 3.32. The molecule has 1 aliphatic rings. The Hall–Kier alpha value is -0.530. The number of rotatable bonds is 2. The third-order valence-corrected chi connectivity index (χ3v) is 3.19. The van der Waals surface area contributed by atoms with E-state index < -0.39 is 0 Å². The summed E-state index contributed by atoms with van der Waals surface area (Å²) in [7, 11) is 0. The molecule has 0 spiro atoms. The first-order chi connectivity index (χ1) is 7.16. The van der Waals surface area contributed by atoms with Gasteiger partial charge in [-0.1, -0.05) is 31.5 Å². The van der Waals surface area contributed by atoms with Crippen molar-refractivity contribution in [2.75, 3.05) is 0 Å². The van der Waals surface area contributed by atoms with Crippen LogP contribution in [0.4, 0.5) is 0 Å². The molecular formula is C13H18ClN. The lowest BCUT2D eigenvalue weighted by molar-refractivity contribution is 0.423. The number of benzene rings is 1. The largest absolute Gasteiger partial charge is 0.308 e. The number of aryl methyl sites for hydroxylation is 1. The highest BCUT2D eigenvalue weighted by Crippen LogP contribution is 2.31. The van der Waals surface area contributed by atoms with Crippen molar-refractivity contribution in [1.82, 2.24) is 5.32 Å². The second-order valence-electron chi connectivity index (χ2n) is 4.61. The fourth-order valence-corrected chi connectivity index (χ4v) is 2.55. The minimum atomic E-state index is 0.519. The fourth-order valence-electron chi connectivity index (χ4n) is 2.36. The monoisotopic (exact) mass is 223 g/mol. The highest BCUT2D eigenvalue weighted by Gasteiger charge is 2.20. The molecule has 1 unspecified atom stereocenters. The van der Waals surface area contributed by atoms with Crippen LogP contribution in [0.1, 0.15) is 43.9 Å². The topological polar surface area (TPSA) is 12.0 Å². The maximum absolute atomic E-state index is 6.01. The predicted molar refractivity (Wildman–Crippen MR) is 65.4 cm³/mol. The van der Waals surface area contributed by atoms with Crippen LogP contribution in [-0.2, 0) is 6.42 Å². The lowest BCUT2D eigenvalue weighted by atomic mass is 9.87. The van der Waals surface area contributed by atoms with Gasteiger partial charge in [-0.25, -0.2) is 0 Å². The minimum Gasteiger partial charge on any atom is -0.308 e. The molecule has 0 amide bonds. The molecule has 0 aromatic heterocycles. The molecular weight excluding hydrogens is 206 g/mol. The molecule has 1 aromatic rings. The van der Waals surface area contributed by atoms with Crippen LogP contribution in [0, 0.1) is 0 Å². The van der Waals surface area contributed by atoms with Crippen LogP contribution in [0.5, 0.6) is 0 Å². The summed E-state index contributed by atoms with van der Waals surface area (Å²) in [6.45, 7) is 4.40. The van der Waals surface area contributed by atoms with E-state index in [1.54, 1.807) is 0 Å². The molecule has 1 aromatic carbocycles. The standard InChI is InChI=1S/C13H18ClN/c1-9(2)15-13-5-3-4-10-8-11(14)6-7-12(10)13/h6-9,13,15H,3-5H2,1-2H3. The Bertz CT molecular complexity index is 346. The van der Waals surface area contributed by atoms with Crippen molar-refractivity contribution >= 4 is 11.6 Å². The van der Waals surface area contributed by atoms with Crippen LogP contribution in [0.3, 0.4) is 0 Å². The third-order valence-electron chi connectivity index (χ3n) is 2.95. The first kappa shape index (κ1) is 11.0. The number of hydrogen-bond donors (Lipinski definition) is 1. The average molecular weight is 224 g/mol. The summed E-state index contributed by atoms with van der Waals surface area (Å²) < 4.78 is 0. The van der Waals surface area contributed by atoms with E-state index in [9.17, 15) is 0 Å². The number of fused-ring (bicyclic) bond motifs is 1. The highest BCUT2D eigenvalue weighted by molar-refractivity contribution is 6.30. The van der Waals surface area contributed by atoms with E-state index in [0.29, 0.717) is 12.1 Å². The molecule has 1 atom stereocenters. The van der Waals surface area contributed by atoms with Crippen molar-refractivity contribution in [3.05, 3.63) is 34.3 Å². The molecule has 1 nitrogen and oxygen atoms in total. The zero-order valence-corrected chi connectivity index (χ0v) is 10.1. The molecule has 15 heavy (non-hydrogen) atoms. The van der Waals surface area contributed by atoms with Crippen molar-refractivity contribution in [3.8, 4) is 0 Å². The summed E-state index contributed by atoms with van der Waals surface area (Å²) in [5.41, 5.74) is 2.87. The Morgan fingerprint density at radius 3 is 2.93 bits per heavy atom. The van der Waals surface area contributed by atoms with Crippen molar-refractivity contribution in [1.29, 1.82) is 0 Å². The lowest BCUT2D eigenvalue weighted by Gasteiger charge is -2.28. The van der Waals surface area contributed by atoms with E-state index in [1.165, 1.54) is 30.4 Å². The van der Waals surface area contributed by atoms with Crippen molar-refractivity contribution in [2.24, 2.45) is 0 Å². The zero-order valence-electron chi connectivity index (χ0n) is 9.39. The van der Waals surface area contributed by atoms with Gasteiger partial charge in [0.25, 0.3) is 0 Å². The highest BCUT2D eigenvalue weighted by atomic mass is 35.5. The third kappa shape index (κ3) is 2.53. The summed E-state index contributed by atoms with van der Waals surface area (Å²) in [4.78, 5) is 0. The normalized spacial score (nSPS) is 20.4. The van der Waals surface area contributed by atoms with Crippen molar-refractivity contribution in [2.45, 2.75) is 45.2 Å². The first-order valence-electron chi connectivity index (χ1n) is 5.71. The van der Waals surface area contributed by atoms with E-state index in [4.69, 9.17) is 11.6 Å². The second kappa shape index (κ2) is 4.54. The van der Waals surface area contributed by atoms with Crippen LogP contribution in [0.25, 0.3) is 0 Å². The van der Waals surface area contributed by atoms with Gasteiger partial charge in [-0.2, -0.15) is 0 Å². The number of nitrogens with one attached hydrogen (secondary N) is 1. The summed E-state index contributed by atoms with van der Waals surface area (Å²) in [5.74, 6) is 0. The average Bonchev–Trinajstić information content (AvgIpc) is 2.16. The minimum absolute atomic E-state index is 0.519. The van der Waals surface area contributed by atoms with Gasteiger partial charge in [-0.15, -0.1) is 0 Å². The molecule has 0 saturated carbocycles. The zero-order chi connectivity index (χ0) is 10.8. The number of hydrogen-bond acceptors (Lipinski definition) is 1. The van der Waals surface area contributed by atoms with Gasteiger partial charge in [0.05, 0.1) is 0 Å². The molecule has 0 fully saturated rings. The van der Waals surface area contributed by atoms with Crippen LogP contribution >= 0.6 is 11.6 Å². The summed E-state index contributed by atoms with van der Waals surface area (Å²) in [5, 5.41) is 4.47. The SMILES string of the molecule is CC(C)NC1CCCc2cc(Cl)ccc21. The second-order valence-corrected chi connectivity index (χ2v) is 5.05. The van der Waals surface area contributed by atoms with Gasteiger partial charge >= 0.3 is 0 Å². The van der Waals surface area contributed by atoms with Gasteiger partial charge in [-0.05, 0) is 42.5 Å². The molecule has 0 radical (unpaired) electrons. The molecule has 0 saturated heterocycles. The molecule has 0 heterocycles. The van der Waals surface area contributed by atoms with Crippen molar-refractivity contribution < 1.29 is 0 Å². The van der Waals surface area contributed by atoms with Gasteiger partial charge < -0.3 is 5.32 Å². The lowest BCUT2D eigenvalue weighted by Crippen LogP contribution is -2.30. The van der Waals surface area contributed by atoms with Crippen LogP contribution in [0.15, 0.2) is 18.2 Å². The maximum Gasteiger partial charge on any atom is 0.0408 e. The molecule has 2 heteroatoms. The number of halogens is 1. The Labute approximate surface area is 96.8 Å². The molecule has 1 aliphatic carbocycles. The van der Waals surface area contributed by atoms with Crippen LogP contribution in [-0.4, -0.2) is 6.04 Å². The quantitative estimate of drug-likeness (QED) is 0.806. The smallest absolute Gasteiger partial charge is 0.0408 e. The van der Waals surface area contributed by atoms with Gasteiger partial charge in [-0.3, -0.25) is 0 Å². The molecule has 0 aliphatic heterocycles. The van der Waals surface area contributed by atoms with E-state index in [-0.39, 0.29) is 0 Å². The summed E-state index contributed by atoms with van der Waals surface area (Å²) >= 11 is 6.01. The van der Waals surface area contributed by atoms with E-state index in [2.05, 4.69) is 31.3 Å². The van der Waals surface area contributed by atoms with E-state index in [0.717, 1.165) is 5.02 Å². The van der Waals surface area contributed by atoms with Crippen LogP contribution < -0.4 is 5.32 Å². The van der Waals surface area contributed by atoms with Gasteiger partial charge in [0.2, 0.25) is 0 Å². The van der Waals surface area contributed by atoms with E-state index in [1.807, 2.05) is 6.07 Å². The van der Waals surface area contributed by atoms with Crippen molar-refractivity contribution in [3.63, 3.8) is 0 Å². The Morgan fingerprint density at radius 2 is 2.20 bits per heavy atom. The van der Waals surface area contributed by atoms with Crippen LogP contribution in [0.2, 0.25) is 5.02 Å². The maximum atomic E-state index is 6.01. The Morgan fingerprint density at radius 1 is 1.40 bits per heavy atom. The first-order valence-corrected chi connectivity index (χ1v) is 6.09. The predicted octanol–water partition coefficient (Wildman–Crippen LogP) is 3.72. The molecule has 1 N–H and O–H groups in total. The van der Waals surface area contributed by atoms with E-state index >= 15 is 0 Å².